The lowest BCUT2D eigenvalue weighted by molar-refractivity contribution is 0.182. The first-order valence-corrected chi connectivity index (χ1v) is 12.5. The summed E-state index contributed by atoms with van der Waals surface area (Å²) in [5, 5.41) is 0. The summed E-state index contributed by atoms with van der Waals surface area (Å²) < 4.78 is 7.02. The van der Waals surface area contributed by atoms with Gasteiger partial charge in [0.1, 0.15) is 0 Å². The van der Waals surface area contributed by atoms with Crippen molar-refractivity contribution in [2.75, 3.05) is 0 Å². The minimum atomic E-state index is -1.63. The third-order valence-corrected chi connectivity index (χ3v) is 9.47. The summed E-state index contributed by atoms with van der Waals surface area (Å²) in [7, 11) is -1.63. The van der Waals surface area contributed by atoms with E-state index in [-0.39, 0.29) is 0 Å². The van der Waals surface area contributed by atoms with Crippen LogP contribution in [-0.4, -0.2) is 8.32 Å². The molecule has 0 radical (unpaired) electrons. The molecular weight excluding hydrogens is 296 g/mol. The first-order valence-electron chi connectivity index (χ1n) is 9.94. The zero-order chi connectivity index (χ0) is 17.0. The van der Waals surface area contributed by atoms with Crippen LogP contribution in [0.2, 0.25) is 18.1 Å². The summed E-state index contributed by atoms with van der Waals surface area (Å²) in [4.78, 5) is 0. The normalized spacial score (nSPS) is 13.2. The molecule has 1 nitrogen and oxygen atoms in total. The van der Waals surface area contributed by atoms with Crippen LogP contribution >= 0.6 is 0 Å². The highest BCUT2D eigenvalue weighted by Gasteiger charge is 2.35. The summed E-state index contributed by atoms with van der Waals surface area (Å²) in [6.45, 7) is 9.21. The molecule has 0 spiro atoms. The molecule has 1 aromatic carbocycles. The third-order valence-electron chi connectivity index (χ3n) is 4.89. The van der Waals surface area contributed by atoms with Gasteiger partial charge in [-0.25, -0.2) is 0 Å². The van der Waals surface area contributed by atoms with E-state index in [2.05, 4.69) is 58.0 Å². The fraction of sp³-hybridized carbons (Fsp3) is 0.714. The quantitative estimate of drug-likeness (QED) is 0.339. The molecule has 0 unspecified atom stereocenters. The average molecular weight is 335 g/mol. The molecular formula is C21H38OSi. The molecule has 132 valence electrons. The van der Waals surface area contributed by atoms with Crippen molar-refractivity contribution in [2.24, 2.45) is 0 Å². The molecule has 0 heterocycles. The average Bonchev–Trinajstić information content (AvgIpc) is 2.61. The lowest BCUT2D eigenvalue weighted by Gasteiger charge is -2.36. The fourth-order valence-electron chi connectivity index (χ4n) is 3.41. The van der Waals surface area contributed by atoms with Crippen LogP contribution in [0.15, 0.2) is 30.3 Å². The van der Waals surface area contributed by atoms with Crippen molar-refractivity contribution in [3.05, 3.63) is 35.9 Å². The minimum Gasteiger partial charge on any atom is -0.410 e. The lowest BCUT2D eigenvalue weighted by Crippen LogP contribution is -2.39. The van der Waals surface area contributed by atoms with Crippen molar-refractivity contribution in [2.45, 2.75) is 96.9 Å². The Morgan fingerprint density at radius 1 is 0.783 bits per heavy atom. The number of benzene rings is 1. The van der Waals surface area contributed by atoms with Crippen LogP contribution in [0.1, 0.15) is 84.3 Å². The van der Waals surface area contributed by atoms with Crippen LogP contribution in [-0.2, 0) is 4.43 Å². The predicted octanol–water partition coefficient (Wildman–Crippen LogP) is 7.50. The molecule has 0 aliphatic heterocycles. The third kappa shape index (κ3) is 7.22. The first-order chi connectivity index (χ1) is 11.2. The number of unbranched alkanes of at least 4 members (excludes halogenated alkanes) is 3. The van der Waals surface area contributed by atoms with Crippen molar-refractivity contribution < 1.29 is 4.43 Å². The number of hydrogen-bond donors (Lipinski definition) is 0. The van der Waals surface area contributed by atoms with Crippen LogP contribution in [0.25, 0.3) is 0 Å². The van der Waals surface area contributed by atoms with E-state index in [4.69, 9.17) is 4.43 Å². The van der Waals surface area contributed by atoms with Gasteiger partial charge in [-0.1, -0.05) is 96.6 Å². The van der Waals surface area contributed by atoms with Gasteiger partial charge in [-0.2, -0.15) is 0 Å². The Morgan fingerprint density at radius 3 is 1.65 bits per heavy atom. The highest BCUT2D eigenvalue weighted by Crippen LogP contribution is 2.35. The minimum absolute atomic E-state index is 0.299. The zero-order valence-electron chi connectivity index (χ0n) is 15.9. The van der Waals surface area contributed by atoms with Crippen LogP contribution in [0.4, 0.5) is 0 Å². The van der Waals surface area contributed by atoms with Crippen LogP contribution in [0, 0.1) is 0 Å². The standard InChI is InChI=1S/C21H38OSi/c1-5-9-17-23(18-10-6-2,19-11-7-3)22-21(8-4)20-15-13-12-14-16-20/h12-16,21H,5-11,17-19H2,1-4H3/t21-/m0/s1. The SMILES string of the molecule is CCCC[Si](CCCC)(CCCC)O[C@@H](CC)c1ccccc1. The predicted molar refractivity (Wildman–Crippen MR) is 105 cm³/mol. The smallest absolute Gasteiger partial charge is 0.193 e. The molecule has 0 N–H and O–H groups in total. The van der Waals surface area contributed by atoms with Gasteiger partial charge in [0.05, 0.1) is 6.10 Å². The lowest BCUT2D eigenvalue weighted by atomic mass is 10.1. The van der Waals surface area contributed by atoms with Gasteiger partial charge < -0.3 is 4.43 Å². The van der Waals surface area contributed by atoms with Crippen LogP contribution < -0.4 is 0 Å². The molecule has 2 heteroatoms. The maximum atomic E-state index is 7.02. The maximum absolute atomic E-state index is 7.02. The molecule has 0 fully saturated rings. The van der Waals surface area contributed by atoms with Crippen molar-refractivity contribution in [1.29, 1.82) is 0 Å². The van der Waals surface area contributed by atoms with E-state index in [1.54, 1.807) is 0 Å². The Kier molecular flexibility index (Phi) is 10.5. The largest absolute Gasteiger partial charge is 0.410 e. The molecule has 0 saturated heterocycles. The molecule has 23 heavy (non-hydrogen) atoms. The Labute approximate surface area is 146 Å². The molecule has 0 saturated carbocycles. The topological polar surface area (TPSA) is 9.23 Å². The molecule has 1 aromatic rings. The first kappa shape index (κ1) is 20.4. The molecule has 0 aromatic heterocycles. The number of rotatable bonds is 13. The van der Waals surface area contributed by atoms with Crippen LogP contribution in [0.5, 0.6) is 0 Å². The van der Waals surface area contributed by atoms with Gasteiger partial charge in [0.15, 0.2) is 8.32 Å². The molecule has 1 rings (SSSR count). The van der Waals surface area contributed by atoms with Gasteiger partial charge in [0.2, 0.25) is 0 Å². The Hall–Kier alpha value is -0.603. The van der Waals surface area contributed by atoms with E-state index in [9.17, 15) is 0 Å². The highest BCUT2D eigenvalue weighted by atomic mass is 28.4. The monoisotopic (exact) mass is 334 g/mol. The number of hydrogen-bond acceptors (Lipinski definition) is 1. The van der Waals surface area contributed by atoms with Gasteiger partial charge >= 0.3 is 0 Å². The summed E-state index contributed by atoms with van der Waals surface area (Å²) in [6.07, 6.45) is 9.27. The van der Waals surface area contributed by atoms with Gasteiger partial charge in [0.25, 0.3) is 0 Å². The highest BCUT2D eigenvalue weighted by molar-refractivity contribution is 6.73. The second kappa shape index (κ2) is 11.9. The summed E-state index contributed by atoms with van der Waals surface area (Å²) in [5.74, 6) is 0. The van der Waals surface area contributed by atoms with Crippen molar-refractivity contribution in [1.82, 2.24) is 0 Å². The van der Waals surface area contributed by atoms with E-state index in [0.717, 1.165) is 6.42 Å². The molecule has 1 atom stereocenters. The second-order valence-corrected chi connectivity index (χ2v) is 11.0. The van der Waals surface area contributed by atoms with Gasteiger partial charge in [-0.05, 0) is 30.1 Å². The fourth-order valence-corrected chi connectivity index (χ4v) is 8.41. The van der Waals surface area contributed by atoms with E-state index < -0.39 is 8.32 Å². The van der Waals surface area contributed by atoms with Crippen molar-refractivity contribution in [3.8, 4) is 0 Å². The van der Waals surface area contributed by atoms with Crippen molar-refractivity contribution >= 4 is 8.32 Å². The Balaban J connectivity index is 2.93. The Morgan fingerprint density at radius 2 is 1.26 bits per heavy atom. The Bertz CT molecular complexity index is 368. The zero-order valence-corrected chi connectivity index (χ0v) is 16.9. The summed E-state index contributed by atoms with van der Waals surface area (Å²) in [5.41, 5.74) is 1.37. The van der Waals surface area contributed by atoms with E-state index in [0.29, 0.717) is 6.10 Å². The second-order valence-electron chi connectivity index (χ2n) is 6.92. The van der Waals surface area contributed by atoms with E-state index >= 15 is 0 Å². The summed E-state index contributed by atoms with van der Waals surface area (Å²) in [6, 6.07) is 14.9. The maximum Gasteiger partial charge on any atom is 0.193 e. The van der Waals surface area contributed by atoms with E-state index in [1.165, 1.54) is 62.2 Å². The molecule has 0 aliphatic carbocycles. The van der Waals surface area contributed by atoms with Crippen LogP contribution in [0.3, 0.4) is 0 Å². The molecule has 0 aliphatic rings. The van der Waals surface area contributed by atoms with Gasteiger partial charge in [0, 0.05) is 0 Å². The van der Waals surface area contributed by atoms with Crippen molar-refractivity contribution in [3.63, 3.8) is 0 Å². The molecule has 0 amide bonds. The van der Waals surface area contributed by atoms with Gasteiger partial charge in [-0.3, -0.25) is 0 Å². The van der Waals surface area contributed by atoms with E-state index in [1.807, 2.05) is 0 Å². The van der Waals surface area contributed by atoms with Gasteiger partial charge in [-0.15, -0.1) is 0 Å². The summed E-state index contributed by atoms with van der Waals surface area (Å²) >= 11 is 0. The molecule has 0 bridgehead atoms.